The lowest BCUT2D eigenvalue weighted by atomic mass is 10.0. The van der Waals surface area contributed by atoms with Gasteiger partial charge in [0.1, 0.15) is 18.1 Å². The fourth-order valence-electron chi connectivity index (χ4n) is 3.58. The first-order valence-corrected chi connectivity index (χ1v) is 11.5. The Hall–Kier alpha value is -4.50. The van der Waals surface area contributed by atoms with Crippen LogP contribution in [-0.2, 0) is 35.2 Å². The van der Waals surface area contributed by atoms with Crippen LogP contribution in [0.3, 0.4) is 0 Å². The zero-order chi connectivity index (χ0) is 28.4. The number of carbonyl (C=O) groups excluding carboxylic acids is 4. The van der Waals surface area contributed by atoms with Gasteiger partial charge in [0.05, 0.1) is 19.1 Å². The van der Waals surface area contributed by atoms with Gasteiger partial charge in [-0.3, -0.25) is 24.0 Å². The molecule has 4 unspecified atom stereocenters. The van der Waals surface area contributed by atoms with Gasteiger partial charge in [-0.05, 0) is 18.1 Å². The number of nitrogens with one attached hydrogen (secondary N) is 4. The van der Waals surface area contributed by atoms with Gasteiger partial charge in [-0.15, -0.1) is 0 Å². The Morgan fingerprint density at radius 3 is 2.11 bits per heavy atom. The van der Waals surface area contributed by atoms with E-state index >= 15 is 0 Å². The van der Waals surface area contributed by atoms with E-state index < -0.39 is 79.2 Å². The fraction of sp³-hybridized carbons (Fsp3) is 0.391. The monoisotopic (exact) mass is 534 g/mol. The number of aliphatic carboxylic acids is 2. The number of amides is 4. The highest BCUT2D eigenvalue weighted by Gasteiger charge is 2.31. The number of carboxylic acid groups (broad SMARTS) is 2. The van der Waals surface area contributed by atoms with Crippen LogP contribution in [0.2, 0.25) is 0 Å². The summed E-state index contributed by atoms with van der Waals surface area (Å²) in [5.41, 5.74) is 12.0. The molecule has 1 aromatic carbocycles. The Morgan fingerprint density at radius 1 is 0.895 bits per heavy atom. The first kappa shape index (κ1) is 29.7. The molecule has 0 spiro atoms. The summed E-state index contributed by atoms with van der Waals surface area (Å²) in [7, 11) is 0. The molecule has 206 valence electrons. The van der Waals surface area contributed by atoms with Gasteiger partial charge in [-0.2, -0.15) is 0 Å². The quantitative estimate of drug-likeness (QED) is 0.114. The number of aliphatic hydroxyl groups is 1. The van der Waals surface area contributed by atoms with Crippen LogP contribution < -0.4 is 27.4 Å². The molecule has 2 aromatic rings. The minimum atomic E-state index is -1.65. The topological polar surface area (TPSA) is 267 Å². The predicted octanol–water partition coefficient (Wildman–Crippen LogP) is -2.69. The number of aliphatic hydroxyl groups excluding tert-OH is 1. The van der Waals surface area contributed by atoms with Crippen LogP contribution in [0.4, 0.5) is 0 Å². The number of nitrogens with two attached hydrogens (primary N) is 2. The maximum absolute atomic E-state index is 13.1. The first-order valence-electron chi connectivity index (χ1n) is 11.5. The van der Waals surface area contributed by atoms with Gasteiger partial charge in [0.2, 0.25) is 23.6 Å². The Labute approximate surface area is 215 Å². The fourth-order valence-corrected chi connectivity index (χ4v) is 3.58. The number of aromatic nitrogens is 1. The Morgan fingerprint density at radius 2 is 1.50 bits per heavy atom. The number of carbonyl (C=O) groups is 6. The molecule has 1 aromatic heterocycles. The van der Waals surface area contributed by atoms with Gasteiger partial charge < -0.3 is 47.7 Å². The molecule has 0 saturated heterocycles. The molecule has 0 aliphatic heterocycles. The smallest absolute Gasteiger partial charge is 0.328 e. The summed E-state index contributed by atoms with van der Waals surface area (Å²) in [5, 5.41) is 35.1. The molecular formula is C23H30N6O9. The molecule has 0 aliphatic rings. The molecule has 38 heavy (non-hydrogen) atoms. The van der Waals surface area contributed by atoms with E-state index in [2.05, 4.69) is 20.9 Å². The van der Waals surface area contributed by atoms with Gasteiger partial charge in [-0.25, -0.2) is 4.79 Å². The molecule has 15 heteroatoms. The normalized spacial score (nSPS) is 14.1. The number of rotatable bonds is 15. The molecular weight excluding hydrogens is 504 g/mol. The SMILES string of the molecule is NC(=O)CC(N)C(=O)NC(CCC(=O)O)C(=O)NC(Cc1c[nH]c2ccccc12)C(=O)NC(CO)C(=O)O. The molecule has 4 atom stereocenters. The number of H-pyrrole nitrogens is 1. The van der Waals surface area contributed by atoms with E-state index in [0.717, 1.165) is 10.9 Å². The van der Waals surface area contributed by atoms with E-state index in [1.807, 2.05) is 0 Å². The van der Waals surface area contributed by atoms with E-state index in [-0.39, 0.29) is 12.8 Å². The lowest BCUT2D eigenvalue weighted by molar-refractivity contribution is -0.143. The molecule has 4 amide bonds. The number of benzene rings is 1. The van der Waals surface area contributed by atoms with Gasteiger partial charge in [0.15, 0.2) is 0 Å². The van der Waals surface area contributed by atoms with E-state index in [1.54, 1.807) is 30.5 Å². The van der Waals surface area contributed by atoms with Crippen molar-refractivity contribution in [2.24, 2.45) is 11.5 Å². The van der Waals surface area contributed by atoms with Crippen LogP contribution in [-0.4, -0.2) is 86.6 Å². The maximum Gasteiger partial charge on any atom is 0.328 e. The van der Waals surface area contributed by atoms with Crippen LogP contribution in [0.15, 0.2) is 30.5 Å². The summed E-state index contributed by atoms with van der Waals surface area (Å²) < 4.78 is 0. The van der Waals surface area contributed by atoms with Crippen LogP contribution in [0, 0.1) is 0 Å². The Bertz CT molecular complexity index is 1200. The predicted molar refractivity (Wildman–Crippen MR) is 131 cm³/mol. The summed E-state index contributed by atoms with van der Waals surface area (Å²) >= 11 is 0. The molecule has 15 nitrogen and oxygen atoms in total. The summed E-state index contributed by atoms with van der Waals surface area (Å²) in [6, 6.07) is 1.17. The standard InChI is InChI=1S/C23H30N6O9/c24-13(8-18(25)31)20(34)27-15(5-6-19(32)33)21(35)28-16(22(36)29-17(10-30)23(37)38)7-11-9-26-14-4-2-1-3-12(11)14/h1-4,9,13,15-17,26,30H,5-8,10,24H2,(H2,25,31)(H,27,34)(H,28,35)(H,29,36)(H,32,33)(H,37,38). The summed E-state index contributed by atoms with van der Waals surface area (Å²) in [4.78, 5) is 75.0. The molecule has 0 aliphatic carbocycles. The minimum Gasteiger partial charge on any atom is -0.481 e. The van der Waals surface area contributed by atoms with Crippen molar-refractivity contribution < 1.29 is 44.1 Å². The van der Waals surface area contributed by atoms with E-state index in [1.165, 1.54) is 0 Å². The number of hydrogen-bond donors (Lipinski definition) is 9. The van der Waals surface area contributed by atoms with Crippen LogP contribution in [0.1, 0.15) is 24.8 Å². The number of carboxylic acids is 2. The van der Waals surface area contributed by atoms with Gasteiger partial charge >= 0.3 is 11.9 Å². The average molecular weight is 535 g/mol. The number of para-hydroxylation sites is 1. The molecule has 0 saturated carbocycles. The van der Waals surface area contributed by atoms with Crippen molar-refractivity contribution >= 4 is 46.5 Å². The van der Waals surface area contributed by atoms with Crippen molar-refractivity contribution in [2.75, 3.05) is 6.61 Å². The van der Waals surface area contributed by atoms with Crippen molar-refractivity contribution in [3.05, 3.63) is 36.0 Å². The second-order valence-corrected chi connectivity index (χ2v) is 8.48. The third-order valence-electron chi connectivity index (χ3n) is 5.57. The Kier molecular flexibility index (Phi) is 10.7. The lowest BCUT2D eigenvalue weighted by Gasteiger charge is -2.24. The highest BCUT2D eigenvalue weighted by atomic mass is 16.4. The largest absolute Gasteiger partial charge is 0.481 e. The summed E-state index contributed by atoms with van der Waals surface area (Å²) in [6.45, 7) is -0.913. The molecule has 0 radical (unpaired) electrons. The number of hydrogen-bond acceptors (Lipinski definition) is 8. The van der Waals surface area contributed by atoms with Crippen molar-refractivity contribution in [3.8, 4) is 0 Å². The number of aromatic amines is 1. The number of primary amides is 1. The minimum absolute atomic E-state index is 0.125. The van der Waals surface area contributed by atoms with Crippen LogP contribution >= 0.6 is 0 Å². The highest BCUT2D eigenvalue weighted by Crippen LogP contribution is 2.19. The second-order valence-electron chi connectivity index (χ2n) is 8.48. The maximum atomic E-state index is 13.1. The Balaban J connectivity index is 2.31. The van der Waals surface area contributed by atoms with E-state index in [9.17, 15) is 39.0 Å². The van der Waals surface area contributed by atoms with Gasteiger partial charge in [-0.1, -0.05) is 18.2 Å². The van der Waals surface area contributed by atoms with Crippen LogP contribution in [0.5, 0.6) is 0 Å². The average Bonchev–Trinajstić information content (AvgIpc) is 3.26. The number of fused-ring (bicyclic) bond motifs is 1. The zero-order valence-electron chi connectivity index (χ0n) is 20.2. The molecule has 11 N–H and O–H groups in total. The van der Waals surface area contributed by atoms with Crippen molar-refractivity contribution in [1.82, 2.24) is 20.9 Å². The molecule has 1 heterocycles. The van der Waals surface area contributed by atoms with E-state index in [4.69, 9.17) is 16.6 Å². The first-order chi connectivity index (χ1) is 17.9. The summed E-state index contributed by atoms with van der Waals surface area (Å²) in [5.74, 6) is -6.49. The van der Waals surface area contributed by atoms with Gasteiger partial charge in [0, 0.05) is 29.9 Å². The third-order valence-corrected chi connectivity index (χ3v) is 5.57. The third kappa shape index (κ3) is 8.56. The lowest BCUT2D eigenvalue weighted by Crippen LogP contribution is -2.58. The molecule has 0 bridgehead atoms. The van der Waals surface area contributed by atoms with E-state index in [0.29, 0.717) is 5.56 Å². The second kappa shape index (κ2) is 13.7. The van der Waals surface area contributed by atoms with Crippen molar-refractivity contribution in [1.29, 1.82) is 0 Å². The van der Waals surface area contributed by atoms with Crippen LogP contribution in [0.25, 0.3) is 10.9 Å². The molecule has 0 fully saturated rings. The summed E-state index contributed by atoms with van der Waals surface area (Å²) in [6.07, 6.45) is 0.0350. The zero-order valence-corrected chi connectivity index (χ0v) is 20.2. The van der Waals surface area contributed by atoms with Crippen molar-refractivity contribution in [2.45, 2.75) is 49.9 Å². The highest BCUT2D eigenvalue weighted by molar-refractivity contribution is 5.95. The molecule has 2 rings (SSSR count). The van der Waals surface area contributed by atoms with Gasteiger partial charge in [0.25, 0.3) is 0 Å². The van der Waals surface area contributed by atoms with Crippen molar-refractivity contribution in [3.63, 3.8) is 0 Å².